The molecule has 0 aliphatic heterocycles. The molecule has 1 aromatic carbocycles. The molecule has 0 spiro atoms. The Morgan fingerprint density at radius 2 is 1.93 bits per heavy atom. The number of hydrogen-bond donors (Lipinski definition) is 2. The third-order valence-corrected chi connectivity index (χ3v) is 5.49. The van der Waals surface area contributed by atoms with Crippen molar-refractivity contribution < 1.29 is 14.0 Å². The van der Waals surface area contributed by atoms with Crippen molar-refractivity contribution in [1.82, 2.24) is 5.32 Å². The predicted octanol–water partition coefficient (Wildman–Crippen LogP) is 5.44. The lowest BCUT2D eigenvalue weighted by molar-refractivity contribution is 0.0938. The summed E-state index contributed by atoms with van der Waals surface area (Å²) in [7, 11) is 0. The first-order valence-corrected chi connectivity index (χ1v) is 9.69. The number of anilines is 1. The van der Waals surface area contributed by atoms with Gasteiger partial charge in [-0.25, -0.2) is 0 Å². The van der Waals surface area contributed by atoms with Gasteiger partial charge in [-0.2, -0.15) is 0 Å². The summed E-state index contributed by atoms with van der Waals surface area (Å²) in [6, 6.07) is 12.3. The largest absolute Gasteiger partial charge is 0.459 e. The third kappa shape index (κ3) is 4.59. The van der Waals surface area contributed by atoms with Gasteiger partial charge < -0.3 is 15.1 Å². The van der Waals surface area contributed by atoms with Gasteiger partial charge in [-0.15, -0.1) is 11.3 Å². The molecule has 5 nitrogen and oxygen atoms in total. The van der Waals surface area contributed by atoms with E-state index in [0.717, 1.165) is 17.5 Å². The highest BCUT2D eigenvalue weighted by Crippen LogP contribution is 2.28. The van der Waals surface area contributed by atoms with Crippen LogP contribution >= 0.6 is 22.9 Å². The number of halogens is 1. The normalized spacial score (nSPS) is 11.8. The van der Waals surface area contributed by atoms with E-state index in [1.807, 2.05) is 38.1 Å². The number of nitrogens with one attached hydrogen (secondary N) is 2. The zero-order chi connectivity index (χ0) is 19.4. The van der Waals surface area contributed by atoms with E-state index in [2.05, 4.69) is 10.6 Å². The zero-order valence-electron chi connectivity index (χ0n) is 14.9. The van der Waals surface area contributed by atoms with Crippen molar-refractivity contribution in [3.8, 4) is 0 Å². The van der Waals surface area contributed by atoms with Gasteiger partial charge in [0.1, 0.15) is 0 Å². The lowest BCUT2D eigenvalue weighted by Gasteiger charge is -2.17. The maximum absolute atomic E-state index is 12.7. The van der Waals surface area contributed by atoms with E-state index >= 15 is 0 Å². The van der Waals surface area contributed by atoms with Crippen LogP contribution in [0.25, 0.3) is 0 Å². The Balaban J connectivity index is 1.71. The first-order chi connectivity index (χ1) is 13.0. The molecule has 1 atom stereocenters. The molecule has 0 aliphatic carbocycles. The Morgan fingerprint density at radius 1 is 1.19 bits per heavy atom. The fourth-order valence-electron chi connectivity index (χ4n) is 2.69. The molecule has 3 rings (SSSR count). The molecule has 27 heavy (non-hydrogen) atoms. The molecule has 2 N–H and O–H groups in total. The number of aryl methyl sites for hydroxylation is 1. The van der Waals surface area contributed by atoms with Gasteiger partial charge in [-0.05, 0) is 54.8 Å². The minimum absolute atomic E-state index is 0.113. The second kappa shape index (κ2) is 8.41. The summed E-state index contributed by atoms with van der Waals surface area (Å²) in [6.45, 7) is 3.85. The van der Waals surface area contributed by atoms with Crippen molar-refractivity contribution in [2.75, 3.05) is 5.32 Å². The van der Waals surface area contributed by atoms with Gasteiger partial charge in [0.15, 0.2) is 5.76 Å². The number of furan rings is 1. The Bertz CT molecular complexity index is 933. The van der Waals surface area contributed by atoms with E-state index in [-0.39, 0.29) is 23.6 Å². The topological polar surface area (TPSA) is 71.3 Å². The van der Waals surface area contributed by atoms with Crippen LogP contribution in [0.1, 0.15) is 50.7 Å². The second-order valence-electron chi connectivity index (χ2n) is 6.04. The summed E-state index contributed by atoms with van der Waals surface area (Å²) in [5.74, 6) is -0.292. The fraction of sp³-hybridized carbons (Fsp3) is 0.200. The highest BCUT2D eigenvalue weighted by atomic mass is 35.5. The van der Waals surface area contributed by atoms with E-state index in [1.54, 1.807) is 18.2 Å². The van der Waals surface area contributed by atoms with Gasteiger partial charge in [0.25, 0.3) is 11.8 Å². The first-order valence-electron chi connectivity index (χ1n) is 8.49. The molecule has 0 saturated heterocycles. The average molecular weight is 403 g/mol. The summed E-state index contributed by atoms with van der Waals surface area (Å²) in [6.07, 6.45) is 2.19. The lowest BCUT2D eigenvalue weighted by atomic mass is 10.0. The van der Waals surface area contributed by atoms with Crippen LogP contribution in [-0.2, 0) is 0 Å². The fourth-order valence-corrected chi connectivity index (χ4v) is 3.79. The van der Waals surface area contributed by atoms with E-state index in [9.17, 15) is 9.59 Å². The summed E-state index contributed by atoms with van der Waals surface area (Å²) in [5, 5.41) is 7.06. The van der Waals surface area contributed by atoms with Crippen molar-refractivity contribution in [3.05, 3.63) is 75.5 Å². The van der Waals surface area contributed by atoms with Crippen LogP contribution in [0.3, 0.4) is 0 Å². The average Bonchev–Trinajstić information content (AvgIpc) is 3.30. The molecule has 3 aromatic rings. The van der Waals surface area contributed by atoms with Crippen LogP contribution in [-0.4, -0.2) is 11.8 Å². The Labute approximate surface area is 166 Å². The third-order valence-electron chi connectivity index (χ3n) is 4.09. The zero-order valence-corrected chi connectivity index (χ0v) is 16.5. The van der Waals surface area contributed by atoms with Crippen molar-refractivity contribution >= 4 is 39.8 Å². The number of rotatable bonds is 6. The number of thiophene rings is 1. The highest BCUT2D eigenvalue weighted by molar-refractivity contribution is 7.18. The van der Waals surface area contributed by atoms with Gasteiger partial charge in [0.05, 0.1) is 22.2 Å². The number of benzene rings is 1. The summed E-state index contributed by atoms with van der Waals surface area (Å²) in [4.78, 5) is 25.4. The Hall–Kier alpha value is -2.57. The molecule has 7 heteroatoms. The minimum atomic E-state index is -0.346. The second-order valence-corrected chi connectivity index (χ2v) is 7.53. The van der Waals surface area contributed by atoms with Crippen molar-refractivity contribution in [2.24, 2.45) is 0 Å². The molecular weight excluding hydrogens is 384 g/mol. The van der Waals surface area contributed by atoms with E-state index < -0.39 is 0 Å². The van der Waals surface area contributed by atoms with Crippen LogP contribution < -0.4 is 10.6 Å². The molecule has 0 fully saturated rings. The molecule has 2 heterocycles. The number of hydrogen-bond acceptors (Lipinski definition) is 4. The van der Waals surface area contributed by atoms with Crippen molar-refractivity contribution in [1.29, 1.82) is 0 Å². The van der Waals surface area contributed by atoms with Gasteiger partial charge in [-0.3, -0.25) is 9.59 Å². The summed E-state index contributed by atoms with van der Waals surface area (Å²) >= 11 is 7.17. The van der Waals surface area contributed by atoms with Gasteiger partial charge >= 0.3 is 0 Å². The van der Waals surface area contributed by atoms with Gasteiger partial charge in [-0.1, -0.05) is 30.7 Å². The Morgan fingerprint density at radius 3 is 2.56 bits per heavy atom. The molecule has 2 amide bonds. The van der Waals surface area contributed by atoms with Gasteiger partial charge in [0.2, 0.25) is 0 Å². The monoisotopic (exact) mass is 402 g/mol. The molecule has 0 unspecified atom stereocenters. The number of carbonyl (C=O) groups is 2. The van der Waals surface area contributed by atoms with E-state index in [0.29, 0.717) is 14.9 Å². The lowest BCUT2D eigenvalue weighted by Crippen LogP contribution is -2.27. The molecule has 0 saturated carbocycles. The quantitative estimate of drug-likeness (QED) is 0.577. The molecular formula is C20H19ClN2O3S. The standard InChI is InChI=1S/C20H19ClN2O3S/c1-3-15(13-6-8-14(21)9-7-13)22-20(25)18-12(2)11-17(27-18)23-19(24)16-5-4-10-26-16/h4-11,15H,3H2,1-2H3,(H,22,25)(H,23,24)/t15-/m1/s1. The van der Waals surface area contributed by atoms with Crippen molar-refractivity contribution in [2.45, 2.75) is 26.3 Å². The summed E-state index contributed by atoms with van der Waals surface area (Å²) < 4.78 is 5.08. The highest BCUT2D eigenvalue weighted by Gasteiger charge is 2.19. The van der Waals surface area contributed by atoms with Crippen LogP contribution in [0, 0.1) is 6.92 Å². The van der Waals surface area contributed by atoms with Gasteiger partial charge in [0, 0.05) is 5.02 Å². The van der Waals surface area contributed by atoms with Crippen LogP contribution in [0.15, 0.2) is 53.1 Å². The SMILES string of the molecule is CC[C@@H](NC(=O)c1sc(NC(=O)c2ccco2)cc1C)c1ccc(Cl)cc1. The minimum Gasteiger partial charge on any atom is -0.459 e. The van der Waals surface area contributed by atoms with Crippen LogP contribution in [0.4, 0.5) is 5.00 Å². The van der Waals surface area contributed by atoms with Crippen LogP contribution in [0.2, 0.25) is 5.02 Å². The molecule has 0 bridgehead atoms. The van der Waals surface area contributed by atoms with Crippen LogP contribution in [0.5, 0.6) is 0 Å². The summed E-state index contributed by atoms with van der Waals surface area (Å²) in [5.41, 5.74) is 1.80. The molecule has 0 aliphatic rings. The molecule has 0 radical (unpaired) electrons. The van der Waals surface area contributed by atoms with E-state index in [4.69, 9.17) is 16.0 Å². The maximum atomic E-state index is 12.7. The first kappa shape index (κ1) is 19.2. The van der Waals surface area contributed by atoms with Crippen molar-refractivity contribution in [3.63, 3.8) is 0 Å². The van der Waals surface area contributed by atoms with E-state index in [1.165, 1.54) is 17.6 Å². The predicted molar refractivity (Wildman–Crippen MR) is 108 cm³/mol. The number of carbonyl (C=O) groups excluding carboxylic acids is 2. The maximum Gasteiger partial charge on any atom is 0.291 e. The molecule has 2 aromatic heterocycles. The smallest absolute Gasteiger partial charge is 0.291 e. The molecule has 140 valence electrons. The number of amides is 2. The Kier molecular flexibility index (Phi) is 5.98.